The van der Waals surface area contributed by atoms with Gasteiger partial charge < -0.3 is 19.7 Å². The number of esters is 1. The molecular formula is C16H16N2O5. The van der Waals surface area contributed by atoms with Crippen LogP contribution in [0, 0.1) is 0 Å². The van der Waals surface area contributed by atoms with E-state index in [1.165, 1.54) is 25.3 Å². The Morgan fingerprint density at radius 2 is 2.04 bits per heavy atom. The van der Waals surface area contributed by atoms with Crippen LogP contribution in [0.15, 0.2) is 28.8 Å². The summed E-state index contributed by atoms with van der Waals surface area (Å²) >= 11 is 0. The minimum Gasteiger partial charge on any atom is -0.508 e. The Hall–Kier alpha value is -2.83. The first-order chi connectivity index (χ1) is 11.1. The van der Waals surface area contributed by atoms with Crippen LogP contribution in [0.5, 0.6) is 5.75 Å². The zero-order valence-corrected chi connectivity index (χ0v) is 12.5. The highest BCUT2D eigenvalue weighted by Crippen LogP contribution is 2.40. The van der Waals surface area contributed by atoms with Gasteiger partial charge in [-0.05, 0) is 31.0 Å². The molecule has 1 fully saturated rings. The summed E-state index contributed by atoms with van der Waals surface area (Å²) in [6.07, 6.45) is 2.22. The number of methoxy groups -OCH3 is 1. The first-order valence-electron chi connectivity index (χ1n) is 7.23. The number of hydrogen-bond acceptors (Lipinski definition) is 6. The molecule has 7 heteroatoms. The maximum atomic E-state index is 12.2. The number of carbonyl (C=O) groups is 2. The Morgan fingerprint density at radius 3 is 2.74 bits per heavy atom. The van der Waals surface area contributed by atoms with Crippen LogP contribution in [0.4, 0.5) is 0 Å². The first kappa shape index (κ1) is 15.1. The molecule has 0 spiro atoms. The Labute approximate surface area is 132 Å². The number of phenols is 1. The quantitative estimate of drug-likeness (QED) is 0.818. The Balaban J connectivity index is 1.67. The van der Waals surface area contributed by atoms with Gasteiger partial charge in [-0.25, -0.2) is 4.79 Å². The maximum Gasteiger partial charge on any atom is 0.338 e. The molecule has 0 unspecified atom stereocenters. The predicted octanol–water partition coefficient (Wildman–Crippen LogP) is 1.97. The van der Waals surface area contributed by atoms with Gasteiger partial charge >= 0.3 is 5.97 Å². The van der Waals surface area contributed by atoms with Crippen molar-refractivity contribution in [2.24, 2.45) is 0 Å². The van der Waals surface area contributed by atoms with Gasteiger partial charge in [0, 0.05) is 17.5 Å². The van der Waals surface area contributed by atoms with Gasteiger partial charge in [-0.3, -0.25) is 4.79 Å². The fourth-order valence-corrected chi connectivity index (χ4v) is 2.22. The van der Waals surface area contributed by atoms with E-state index in [1.807, 2.05) is 6.07 Å². The van der Waals surface area contributed by atoms with E-state index < -0.39 is 11.9 Å². The summed E-state index contributed by atoms with van der Waals surface area (Å²) in [5.41, 5.74) is 0.903. The molecule has 1 aliphatic rings. The third-order valence-corrected chi connectivity index (χ3v) is 3.59. The van der Waals surface area contributed by atoms with Crippen molar-refractivity contribution in [1.29, 1.82) is 0 Å². The zero-order chi connectivity index (χ0) is 16.4. The number of aromatic hydroxyl groups is 1. The number of nitrogens with zero attached hydrogens (tertiary/aromatic N) is 1. The molecule has 2 aromatic rings. The van der Waals surface area contributed by atoms with Crippen LogP contribution in [0.2, 0.25) is 0 Å². The third-order valence-electron chi connectivity index (χ3n) is 3.59. The number of benzene rings is 1. The van der Waals surface area contributed by atoms with Crippen LogP contribution in [0.1, 0.15) is 50.9 Å². The fourth-order valence-electron chi connectivity index (χ4n) is 2.22. The van der Waals surface area contributed by atoms with Crippen molar-refractivity contribution in [3.05, 3.63) is 46.8 Å². The average molecular weight is 316 g/mol. The third kappa shape index (κ3) is 3.50. The summed E-state index contributed by atoms with van der Waals surface area (Å²) in [4.78, 5) is 23.7. The number of hydrogen-bond donors (Lipinski definition) is 2. The van der Waals surface area contributed by atoms with Crippen molar-refractivity contribution in [3.63, 3.8) is 0 Å². The van der Waals surface area contributed by atoms with E-state index in [-0.39, 0.29) is 23.4 Å². The summed E-state index contributed by atoms with van der Waals surface area (Å²) in [5, 5.41) is 16.2. The van der Waals surface area contributed by atoms with Gasteiger partial charge in [0.1, 0.15) is 17.2 Å². The molecule has 23 heavy (non-hydrogen) atoms. The van der Waals surface area contributed by atoms with Crippen LogP contribution in [-0.4, -0.2) is 29.2 Å². The smallest absolute Gasteiger partial charge is 0.338 e. The van der Waals surface area contributed by atoms with Gasteiger partial charge in [-0.15, -0.1) is 0 Å². The largest absolute Gasteiger partial charge is 0.508 e. The van der Waals surface area contributed by atoms with Crippen molar-refractivity contribution in [2.75, 3.05) is 7.11 Å². The second-order valence-electron chi connectivity index (χ2n) is 5.44. The second kappa shape index (κ2) is 6.12. The molecule has 1 amide bonds. The van der Waals surface area contributed by atoms with E-state index in [9.17, 15) is 14.7 Å². The van der Waals surface area contributed by atoms with Gasteiger partial charge in [-0.2, -0.15) is 0 Å². The fraction of sp³-hybridized carbons (Fsp3) is 0.312. The SMILES string of the molecule is COC(=O)c1cc(O)cc(C(=O)NCc2cc(C3CC3)on2)c1. The van der Waals surface area contributed by atoms with Crippen LogP contribution in [0.25, 0.3) is 0 Å². The predicted molar refractivity (Wildman–Crippen MR) is 79.1 cm³/mol. The number of rotatable bonds is 5. The number of nitrogens with one attached hydrogen (secondary N) is 1. The summed E-state index contributed by atoms with van der Waals surface area (Å²) in [7, 11) is 1.23. The molecule has 120 valence electrons. The molecule has 0 aliphatic heterocycles. The Bertz CT molecular complexity index is 749. The number of amides is 1. The van der Waals surface area contributed by atoms with E-state index in [1.54, 1.807) is 0 Å². The topological polar surface area (TPSA) is 102 Å². The molecule has 0 saturated heterocycles. The van der Waals surface area contributed by atoms with Crippen molar-refractivity contribution in [1.82, 2.24) is 10.5 Å². The summed E-state index contributed by atoms with van der Waals surface area (Å²) in [6, 6.07) is 5.71. The Kier molecular flexibility index (Phi) is 4.01. The first-order valence-corrected chi connectivity index (χ1v) is 7.23. The lowest BCUT2D eigenvalue weighted by molar-refractivity contribution is 0.0600. The van der Waals surface area contributed by atoms with Gasteiger partial charge in [0.2, 0.25) is 0 Å². The monoisotopic (exact) mass is 316 g/mol. The molecule has 1 saturated carbocycles. The van der Waals surface area contributed by atoms with Crippen molar-refractivity contribution in [2.45, 2.75) is 25.3 Å². The summed E-state index contributed by atoms with van der Waals surface area (Å²) in [5.74, 6) is 0.0678. The zero-order valence-electron chi connectivity index (χ0n) is 12.5. The highest BCUT2D eigenvalue weighted by molar-refractivity contribution is 5.98. The van der Waals surface area contributed by atoms with Gasteiger partial charge in [0.15, 0.2) is 0 Å². The lowest BCUT2D eigenvalue weighted by Gasteiger charge is -2.06. The highest BCUT2D eigenvalue weighted by atomic mass is 16.5. The molecular weight excluding hydrogens is 300 g/mol. The molecule has 0 bridgehead atoms. The Morgan fingerprint density at radius 1 is 1.30 bits per heavy atom. The normalized spacial score (nSPS) is 13.6. The van der Waals surface area contributed by atoms with E-state index in [4.69, 9.17) is 4.52 Å². The van der Waals surface area contributed by atoms with E-state index in [0.717, 1.165) is 18.6 Å². The van der Waals surface area contributed by atoms with Crippen molar-refractivity contribution < 1.29 is 24.0 Å². The van der Waals surface area contributed by atoms with Crippen LogP contribution >= 0.6 is 0 Å². The van der Waals surface area contributed by atoms with Gasteiger partial charge in [0.05, 0.1) is 19.2 Å². The molecule has 1 heterocycles. The van der Waals surface area contributed by atoms with E-state index in [0.29, 0.717) is 11.6 Å². The minimum atomic E-state index is -0.625. The number of aromatic nitrogens is 1. The highest BCUT2D eigenvalue weighted by Gasteiger charge is 2.27. The van der Waals surface area contributed by atoms with Crippen molar-refractivity contribution >= 4 is 11.9 Å². The molecule has 0 atom stereocenters. The van der Waals surface area contributed by atoms with Gasteiger partial charge in [0.25, 0.3) is 5.91 Å². The lowest BCUT2D eigenvalue weighted by Crippen LogP contribution is -2.23. The molecule has 1 aromatic heterocycles. The van der Waals surface area contributed by atoms with Gasteiger partial charge in [-0.1, -0.05) is 5.16 Å². The molecule has 2 N–H and O–H groups in total. The van der Waals surface area contributed by atoms with Crippen molar-refractivity contribution in [3.8, 4) is 5.75 Å². The lowest BCUT2D eigenvalue weighted by atomic mass is 10.1. The van der Waals surface area contributed by atoms with E-state index in [2.05, 4.69) is 15.2 Å². The minimum absolute atomic E-state index is 0.107. The van der Waals surface area contributed by atoms with E-state index >= 15 is 0 Å². The van der Waals surface area contributed by atoms with Crippen LogP contribution in [-0.2, 0) is 11.3 Å². The van der Waals surface area contributed by atoms with Crippen LogP contribution in [0.3, 0.4) is 0 Å². The number of phenolic OH excluding ortho intramolecular Hbond substituents is 1. The summed E-state index contributed by atoms with van der Waals surface area (Å²) < 4.78 is 9.79. The number of ether oxygens (including phenoxy) is 1. The average Bonchev–Trinajstić information content (AvgIpc) is 3.30. The summed E-state index contributed by atoms with van der Waals surface area (Å²) in [6.45, 7) is 0.207. The molecule has 3 rings (SSSR count). The molecule has 0 radical (unpaired) electrons. The maximum absolute atomic E-state index is 12.2. The molecule has 1 aromatic carbocycles. The van der Waals surface area contributed by atoms with Crippen LogP contribution < -0.4 is 5.32 Å². The number of carbonyl (C=O) groups excluding carboxylic acids is 2. The molecule has 7 nitrogen and oxygen atoms in total. The standard InChI is InChI=1S/C16H16N2O5/c1-22-16(21)11-4-10(5-13(19)6-11)15(20)17-8-12-7-14(23-18-12)9-2-3-9/h4-7,9,19H,2-3,8H2,1H3,(H,17,20). The second-order valence-corrected chi connectivity index (χ2v) is 5.44. The molecule has 1 aliphatic carbocycles.